The lowest BCUT2D eigenvalue weighted by Gasteiger charge is -2.32. The van der Waals surface area contributed by atoms with Crippen LogP contribution in [0.2, 0.25) is 0 Å². The minimum absolute atomic E-state index is 0.0434. The van der Waals surface area contributed by atoms with Gasteiger partial charge in [-0.1, -0.05) is 29.8 Å². The second-order valence-corrected chi connectivity index (χ2v) is 9.15. The van der Waals surface area contributed by atoms with E-state index in [0.29, 0.717) is 13.0 Å². The van der Waals surface area contributed by atoms with Gasteiger partial charge in [0.15, 0.2) is 5.82 Å². The highest BCUT2D eigenvalue weighted by molar-refractivity contribution is 7.18. The van der Waals surface area contributed by atoms with E-state index in [9.17, 15) is 9.59 Å². The average molecular weight is 412 g/mol. The van der Waals surface area contributed by atoms with Gasteiger partial charge < -0.3 is 14.8 Å². The molecule has 1 aromatic carbocycles. The standard InChI is InChI=1S/C22H26N4O2S/c1-14-4-6-17(7-5-14)12-19(27)26-10-8-25(9-11-26)13-18-23-21(28)20-15(2)16(3)29-22(20)24-18/h4-7H,8-13H2,1-3H3,(H,23,24,28)/p+1. The summed E-state index contributed by atoms with van der Waals surface area (Å²) in [5, 5.41) is 0.720. The quantitative estimate of drug-likeness (QED) is 0.682. The largest absolute Gasteiger partial charge is 0.331 e. The van der Waals surface area contributed by atoms with Crippen LogP contribution in [0.15, 0.2) is 29.1 Å². The van der Waals surface area contributed by atoms with Gasteiger partial charge in [0.25, 0.3) is 5.56 Å². The predicted molar refractivity (Wildman–Crippen MR) is 116 cm³/mol. The molecule has 6 nitrogen and oxygen atoms in total. The number of aromatic nitrogens is 2. The molecule has 1 aliphatic rings. The average Bonchev–Trinajstić information content (AvgIpc) is 2.98. The summed E-state index contributed by atoms with van der Waals surface area (Å²) in [6.07, 6.45) is 0.457. The normalized spacial score (nSPS) is 15.2. The van der Waals surface area contributed by atoms with Crippen molar-refractivity contribution in [3.63, 3.8) is 0 Å². The van der Waals surface area contributed by atoms with E-state index >= 15 is 0 Å². The number of fused-ring (bicyclic) bond motifs is 1. The van der Waals surface area contributed by atoms with E-state index in [1.807, 2.05) is 49.9 Å². The fraction of sp³-hybridized carbons (Fsp3) is 0.409. The molecule has 0 unspecified atom stereocenters. The number of thiophene rings is 1. The Bertz CT molecular complexity index is 1090. The van der Waals surface area contributed by atoms with Gasteiger partial charge in [0.1, 0.15) is 11.4 Å². The van der Waals surface area contributed by atoms with Gasteiger partial charge in [-0.25, -0.2) is 4.98 Å². The molecule has 0 radical (unpaired) electrons. The molecule has 1 amide bonds. The van der Waals surface area contributed by atoms with E-state index in [0.717, 1.165) is 58.2 Å². The first-order valence-corrected chi connectivity index (χ1v) is 10.9. The second kappa shape index (κ2) is 8.08. The first kappa shape index (κ1) is 19.8. The number of aromatic amines is 1. The number of nitrogens with one attached hydrogen (secondary N) is 2. The highest BCUT2D eigenvalue weighted by atomic mass is 32.1. The third-order valence-corrected chi connectivity index (χ3v) is 6.91. The fourth-order valence-corrected chi connectivity index (χ4v) is 4.91. The molecule has 2 aromatic heterocycles. The van der Waals surface area contributed by atoms with Crippen molar-refractivity contribution in [1.82, 2.24) is 14.9 Å². The summed E-state index contributed by atoms with van der Waals surface area (Å²) < 4.78 is 0. The van der Waals surface area contributed by atoms with Crippen LogP contribution in [0.4, 0.5) is 0 Å². The van der Waals surface area contributed by atoms with Crippen molar-refractivity contribution in [3.05, 3.63) is 62.0 Å². The molecule has 1 saturated heterocycles. The maximum absolute atomic E-state index is 12.6. The molecule has 29 heavy (non-hydrogen) atoms. The first-order chi connectivity index (χ1) is 13.9. The van der Waals surface area contributed by atoms with Crippen molar-refractivity contribution in [2.45, 2.75) is 33.7 Å². The lowest BCUT2D eigenvalue weighted by atomic mass is 10.1. The maximum Gasteiger partial charge on any atom is 0.260 e. The van der Waals surface area contributed by atoms with Crippen molar-refractivity contribution < 1.29 is 9.69 Å². The molecule has 0 saturated carbocycles. The number of aryl methyl sites for hydroxylation is 3. The van der Waals surface area contributed by atoms with E-state index < -0.39 is 0 Å². The molecule has 3 heterocycles. The van der Waals surface area contributed by atoms with E-state index in [2.05, 4.69) is 4.98 Å². The Balaban J connectivity index is 1.36. The zero-order valence-electron chi connectivity index (χ0n) is 17.2. The van der Waals surface area contributed by atoms with Crippen LogP contribution in [-0.2, 0) is 17.8 Å². The van der Waals surface area contributed by atoms with Gasteiger partial charge in [-0.3, -0.25) is 9.59 Å². The van der Waals surface area contributed by atoms with Crippen molar-refractivity contribution >= 4 is 27.5 Å². The van der Waals surface area contributed by atoms with Crippen LogP contribution in [0.1, 0.15) is 27.4 Å². The van der Waals surface area contributed by atoms with Crippen molar-refractivity contribution in [1.29, 1.82) is 0 Å². The molecule has 7 heteroatoms. The Morgan fingerprint density at radius 1 is 1.17 bits per heavy atom. The predicted octanol–water partition coefficient (Wildman–Crippen LogP) is 1.38. The Labute approximate surface area is 174 Å². The maximum atomic E-state index is 12.6. The number of piperazine rings is 1. The van der Waals surface area contributed by atoms with E-state index in [1.54, 1.807) is 11.3 Å². The third-order valence-electron chi connectivity index (χ3n) is 5.80. The summed E-state index contributed by atoms with van der Waals surface area (Å²) in [4.78, 5) is 38.0. The van der Waals surface area contributed by atoms with Crippen LogP contribution in [-0.4, -0.2) is 47.0 Å². The second-order valence-electron chi connectivity index (χ2n) is 7.95. The molecule has 0 bridgehead atoms. The van der Waals surface area contributed by atoms with E-state index in [1.165, 1.54) is 10.5 Å². The number of rotatable bonds is 4. The number of carbonyl (C=O) groups excluding carboxylic acids is 1. The van der Waals surface area contributed by atoms with Gasteiger partial charge in [-0.05, 0) is 31.9 Å². The summed E-state index contributed by atoms with van der Waals surface area (Å²) in [5.74, 6) is 0.920. The van der Waals surface area contributed by atoms with Gasteiger partial charge >= 0.3 is 0 Å². The number of hydrogen-bond donors (Lipinski definition) is 2. The van der Waals surface area contributed by atoms with Crippen LogP contribution in [0, 0.1) is 20.8 Å². The smallest absolute Gasteiger partial charge is 0.260 e. The molecule has 1 aliphatic heterocycles. The van der Waals surface area contributed by atoms with Crippen LogP contribution in [0.3, 0.4) is 0 Å². The minimum Gasteiger partial charge on any atom is -0.331 e. The molecule has 152 valence electrons. The summed E-state index contributed by atoms with van der Waals surface area (Å²) in [5.41, 5.74) is 3.25. The van der Waals surface area contributed by atoms with Crippen molar-refractivity contribution in [3.8, 4) is 0 Å². The zero-order valence-corrected chi connectivity index (χ0v) is 18.0. The summed E-state index contributed by atoms with van der Waals surface area (Å²) in [6, 6.07) is 8.15. The van der Waals surface area contributed by atoms with Gasteiger partial charge in [-0.2, -0.15) is 0 Å². The van der Waals surface area contributed by atoms with E-state index in [-0.39, 0.29) is 11.5 Å². The molecule has 0 atom stereocenters. The van der Waals surface area contributed by atoms with Gasteiger partial charge in [-0.15, -0.1) is 11.3 Å². The van der Waals surface area contributed by atoms with Crippen LogP contribution in [0.5, 0.6) is 0 Å². The molecule has 2 N–H and O–H groups in total. The Hall–Kier alpha value is -2.51. The van der Waals surface area contributed by atoms with Crippen LogP contribution in [0.25, 0.3) is 10.2 Å². The van der Waals surface area contributed by atoms with Gasteiger partial charge in [0.05, 0.1) is 38.0 Å². The number of amides is 1. The Kier molecular flexibility index (Phi) is 5.52. The lowest BCUT2D eigenvalue weighted by molar-refractivity contribution is -0.918. The highest BCUT2D eigenvalue weighted by Crippen LogP contribution is 2.25. The number of benzene rings is 1. The van der Waals surface area contributed by atoms with E-state index in [4.69, 9.17) is 4.98 Å². The molecule has 0 spiro atoms. The number of quaternary nitrogens is 1. The molecule has 3 aromatic rings. The Morgan fingerprint density at radius 3 is 2.55 bits per heavy atom. The van der Waals surface area contributed by atoms with Crippen LogP contribution >= 0.6 is 11.3 Å². The topological polar surface area (TPSA) is 70.5 Å². The number of H-pyrrole nitrogens is 1. The van der Waals surface area contributed by atoms with Gasteiger partial charge in [0.2, 0.25) is 5.91 Å². The van der Waals surface area contributed by atoms with Crippen molar-refractivity contribution in [2.24, 2.45) is 0 Å². The molecule has 1 fully saturated rings. The summed E-state index contributed by atoms with van der Waals surface area (Å²) in [7, 11) is 0. The minimum atomic E-state index is -0.0434. The monoisotopic (exact) mass is 411 g/mol. The SMILES string of the molecule is Cc1ccc(CC(=O)N2CC[NH+](Cc3nc4sc(C)c(C)c4c(=O)[nH]3)CC2)cc1. The zero-order chi connectivity index (χ0) is 20.5. The number of carbonyl (C=O) groups is 1. The lowest BCUT2D eigenvalue weighted by Crippen LogP contribution is -3.13. The van der Waals surface area contributed by atoms with Gasteiger partial charge in [0, 0.05) is 4.88 Å². The number of nitrogens with zero attached hydrogens (tertiary/aromatic N) is 2. The number of hydrogen-bond acceptors (Lipinski definition) is 4. The summed E-state index contributed by atoms with van der Waals surface area (Å²) in [6.45, 7) is 9.94. The summed E-state index contributed by atoms with van der Waals surface area (Å²) >= 11 is 1.58. The molecular formula is C22H27N4O2S+. The fourth-order valence-electron chi connectivity index (χ4n) is 3.86. The first-order valence-electron chi connectivity index (χ1n) is 10.1. The Morgan fingerprint density at radius 2 is 1.86 bits per heavy atom. The third kappa shape index (κ3) is 4.26. The molecule has 4 rings (SSSR count). The highest BCUT2D eigenvalue weighted by Gasteiger charge is 2.24. The molecular weight excluding hydrogens is 384 g/mol. The van der Waals surface area contributed by atoms with Crippen molar-refractivity contribution in [2.75, 3.05) is 26.2 Å². The van der Waals surface area contributed by atoms with Crippen LogP contribution < -0.4 is 10.5 Å². The molecule has 0 aliphatic carbocycles.